The maximum atomic E-state index is 12.8. The van der Waals surface area contributed by atoms with Crippen molar-refractivity contribution in [2.45, 2.75) is 57.2 Å². The van der Waals surface area contributed by atoms with Crippen LogP contribution in [0.1, 0.15) is 56.7 Å². The minimum absolute atomic E-state index is 0.0437. The van der Waals surface area contributed by atoms with E-state index in [4.69, 9.17) is 9.72 Å². The number of ether oxygens (including phenoxy) is 1. The molecule has 0 bridgehead atoms. The van der Waals surface area contributed by atoms with Crippen LogP contribution in [0.15, 0.2) is 60.8 Å². The monoisotopic (exact) mass is 483 g/mol. The lowest BCUT2D eigenvalue weighted by Crippen LogP contribution is -2.56. The van der Waals surface area contributed by atoms with Gasteiger partial charge in [-0.05, 0) is 51.7 Å². The van der Waals surface area contributed by atoms with Gasteiger partial charge in [-0.2, -0.15) is 0 Å². The van der Waals surface area contributed by atoms with E-state index in [2.05, 4.69) is 51.7 Å². The molecule has 0 saturated carbocycles. The molecule has 1 amide bonds. The second-order valence-electron chi connectivity index (χ2n) is 11.0. The van der Waals surface area contributed by atoms with Crippen molar-refractivity contribution in [1.29, 1.82) is 0 Å². The maximum Gasteiger partial charge on any atom is 0.410 e. The van der Waals surface area contributed by atoms with Gasteiger partial charge in [-0.1, -0.05) is 48.5 Å². The fourth-order valence-electron chi connectivity index (χ4n) is 5.71. The molecule has 7 heteroatoms. The van der Waals surface area contributed by atoms with Crippen LogP contribution in [0, 0.1) is 0 Å². The summed E-state index contributed by atoms with van der Waals surface area (Å²) >= 11 is 0. The highest BCUT2D eigenvalue weighted by molar-refractivity contribution is 5.85. The maximum absolute atomic E-state index is 12.8. The molecule has 0 unspecified atom stereocenters. The average Bonchev–Trinajstić information content (AvgIpc) is 3.50. The standard InChI is InChI=1S/C29H33N5O2/c1-28(2,3)36-27(35)34-15-13-29(14-16-34)25-21(20-11-7-8-12-22(20)31-25)17-23(33-29)26-30-18-24(32-26)19-9-5-4-6-10-19/h4-12,18,23,31,33H,13-17H2,1-3H3,(H,30,32)/t23-/m1/s1. The number of likely N-dealkylation sites (tertiary alicyclic amines) is 1. The fourth-order valence-corrected chi connectivity index (χ4v) is 5.71. The number of aromatic amines is 2. The second-order valence-corrected chi connectivity index (χ2v) is 11.0. The molecule has 2 aromatic carbocycles. The van der Waals surface area contributed by atoms with Crippen molar-refractivity contribution >= 4 is 17.0 Å². The van der Waals surface area contributed by atoms with Crippen LogP contribution in [-0.2, 0) is 16.7 Å². The van der Waals surface area contributed by atoms with E-state index in [1.165, 1.54) is 16.6 Å². The number of hydrogen-bond acceptors (Lipinski definition) is 4. The first-order chi connectivity index (χ1) is 17.3. The molecule has 1 saturated heterocycles. The number of para-hydroxylation sites is 1. The zero-order chi connectivity index (χ0) is 24.9. The molecule has 3 N–H and O–H groups in total. The lowest BCUT2D eigenvalue weighted by Gasteiger charge is -2.47. The number of piperidine rings is 1. The van der Waals surface area contributed by atoms with E-state index in [9.17, 15) is 4.79 Å². The summed E-state index contributed by atoms with van der Waals surface area (Å²) in [6, 6.07) is 18.8. The highest BCUT2D eigenvalue weighted by Gasteiger charge is 2.46. The van der Waals surface area contributed by atoms with Gasteiger partial charge in [0.05, 0.1) is 17.3 Å². The normalized spacial score (nSPS) is 19.4. The molecule has 1 spiro atoms. The Kier molecular flexibility index (Phi) is 5.41. The van der Waals surface area contributed by atoms with Crippen LogP contribution in [0.5, 0.6) is 0 Å². The predicted molar refractivity (Wildman–Crippen MR) is 141 cm³/mol. The number of rotatable bonds is 2. The molecule has 0 radical (unpaired) electrons. The molecule has 2 aromatic heterocycles. The topological polar surface area (TPSA) is 86.0 Å². The number of H-pyrrole nitrogens is 2. The Bertz CT molecular complexity index is 1390. The average molecular weight is 484 g/mol. The van der Waals surface area contributed by atoms with Crippen LogP contribution in [-0.4, -0.2) is 44.6 Å². The van der Waals surface area contributed by atoms with Crippen LogP contribution < -0.4 is 5.32 Å². The Morgan fingerprint density at radius 2 is 1.78 bits per heavy atom. The summed E-state index contributed by atoms with van der Waals surface area (Å²) in [5, 5.41) is 5.24. The molecule has 4 heterocycles. The Hall–Kier alpha value is -3.58. The highest BCUT2D eigenvalue weighted by Crippen LogP contribution is 2.44. The van der Waals surface area contributed by atoms with Gasteiger partial charge in [0.1, 0.15) is 11.4 Å². The summed E-state index contributed by atoms with van der Waals surface area (Å²) < 4.78 is 5.65. The van der Waals surface area contributed by atoms with Gasteiger partial charge in [0.25, 0.3) is 0 Å². The quantitative estimate of drug-likeness (QED) is 0.343. The molecule has 186 valence electrons. The highest BCUT2D eigenvalue weighted by atomic mass is 16.6. The molecule has 7 nitrogen and oxygen atoms in total. The molecule has 1 fully saturated rings. The number of carbonyl (C=O) groups excluding carboxylic acids is 1. The molecule has 4 aromatic rings. The summed E-state index contributed by atoms with van der Waals surface area (Å²) in [5.41, 5.74) is 5.03. The number of aromatic nitrogens is 3. The molecule has 1 atom stereocenters. The van der Waals surface area contributed by atoms with E-state index < -0.39 is 5.60 Å². The second kappa shape index (κ2) is 8.52. The van der Waals surface area contributed by atoms with Gasteiger partial charge < -0.3 is 19.6 Å². The summed E-state index contributed by atoms with van der Waals surface area (Å²) in [5.74, 6) is 0.943. The zero-order valence-electron chi connectivity index (χ0n) is 21.1. The first-order valence-corrected chi connectivity index (χ1v) is 12.8. The molecule has 0 aliphatic carbocycles. The smallest absolute Gasteiger partial charge is 0.410 e. The first-order valence-electron chi connectivity index (χ1n) is 12.8. The number of fused-ring (bicyclic) bond motifs is 4. The van der Waals surface area contributed by atoms with Crippen LogP contribution in [0.4, 0.5) is 4.79 Å². The zero-order valence-corrected chi connectivity index (χ0v) is 21.1. The molecule has 6 rings (SSSR count). The molecule has 2 aliphatic heterocycles. The number of nitrogens with one attached hydrogen (secondary N) is 3. The molecule has 36 heavy (non-hydrogen) atoms. The summed E-state index contributed by atoms with van der Waals surface area (Å²) in [4.78, 5) is 26.8. The number of benzene rings is 2. The number of amides is 1. The van der Waals surface area contributed by atoms with E-state index in [0.717, 1.165) is 41.9 Å². The van der Waals surface area contributed by atoms with Crippen molar-refractivity contribution in [1.82, 2.24) is 25.2 Å². The predicted octanol–water partition coefficient (Wildman–Crippen LogP) is 5.67. The van der Waals surface area contributed by atoms with E-state index in [1.54, 1.807) is 0 Å². The number of nitrogens with zero attached hydrogens (tertiary/aromatic N) is 2. The first kappa shape index (κ1) is 22.9. The Morgan fingerprint density at radius 1 is 1.06 bits per heavy atom. The Labute approximate surface area is 211 Å². The lowest BCUT2D eigenvalue weighted by molar-refractivity contribution is 0.0123. The SMILES string of the molecule is CC(C)(C)OC(=O)N1CCC2(CC1)N[C@@H](c1nc(-c3ccccc3)c[nH]1)Cc1c2[nH]c2ccccc12. The third-order valence-corrected chi connectivity index (χ3v) is 7.42. The van der Waals surface area contributed by atoms with Gasteiger partial charge in [-0.25, -0.2) is 9.78 Å². The summed E-state index contributed by atoms with van der Waals surface area (Å²) in [6.07, 6.45) is 4.21. The van der Waals surface area contributed by atoms with Crippen LogP contribution in [0.2, 0.25) is 0 Å². The molecular weight excluding hydrogens is 450 g/mol. The molecular formula is C29H33N5O2. The Morgan fingerprint density at radius 3 is 2.53 bits per heavy atom. The van der Waals surface area contributed by atoms with Gasteiger partial charge in [0, 0.05) is 41.4 Å². The van der Waals surface area contributed by atoms with Gasteiger partial charge >= 0.3 is 6.09 Å². The summed E-state index contributed by atoms with van der Waals surface area (Å²) in [7, 11) is 0. The van der Waals surface area contributed by atoms with Gasteiger partial charge in [0.15, 0.2) is 0 Å². The van der Waals surface area contributed by atoms with E-state index in [-0.39, 0.29) is 17.7 Å². The lowest BCUT2D eigenvalue weighted by atomic mass is 9.77. The van der Waals surface area contributed by atoms with Crippen LogP contribution in [0.25, 0.3) is 22.2 Å². The van der Waals surface area contributed by atoms with Gasteiger partial charge in [0.2, 0.25) is 0 Å². The minimum Gasteiger partial charge on any atom is -0.444 e. The third-order valence-electron chi connectivity index (χ3n) is 7.42. The number of hydrogen-bond donors (Lipinski definition) is 3. The van der Waals surface area contributed by atoms with Crippen LogP contribution in [0.3, 0.4) is 0 Å². The van der Waals surface area contributed by atoms with E-state index in [0.29, 0.717) is 13.1 Å². The van der Waals surface area contributed by atoms with Gasteiger partial charge in [-0.15, -0.1) is 0 Å². The van der Waals surface area contributed by atoms with Crippen molar-refractivity contribution in [3.63, 3.8) is 0 Å². The van der Waals surface area contributed by atoms with Gasteiger partial charge in [-0.3, -0.25) is 5.32 Å². The van der Waals surface area contributed by atoms with Crippen molar-refractivity contribution in [3.8, 4) is 11.3 Å². The fraction of sp³-hybridized carbons (Fsp3) is 0.379. The molecule has 2 aliphatic rings. The van der Waals surface area contributed by atoms with Crippen molar-refractivity contribution in [3.05, 3.63) is 77.9 Å². The van der Waals surface area contributed by atoms with E-state index in [1.807, 2.05) is 50.1 Å². The van der Waals surface area contributed by atoms with Crippen molar-refractivity contribution in [2.75, 3.05) is 13.1 Å². The minimum atomic E-state index is -0.500. The van der Waals surface area contributed by atoms with Crippen molar-refractivity contribution in [2.24, 2.45) is 0 Å². The van der Waals surface area contributed by atoms with Crippen LogP contribution >= 0.6 is 0 Å². The van der Waals surface area contributed by atoms with Crippen molar-refractivity contribution < 1.29 is 9.53 Å². The Balaban J connectivity index is 1.33. The van der Waals surface area contributed by atoms with E-state index >= 15 is 0 Å². The third kappa shape index (κ3) is 4.07. The number of carbonyl (C=O) groups is 1. The number of imidazole rings is 1. The largest absolute Gasteiger partial charge is 0.444 e. The summed E-state index contributed by atoms with van der Waals surface area (Å²) in [6.45, 7) is 7.00.